The molecule has 1 aliphatic carbocycles. The van der Waals surface area contributed by atoms with Gasteiger partial charge in [-0.3, -0.25) is 4.90 Å². The van der Waals surface area contributed by atoms with Crippen molar-refractivity contribution in [3.63, 3.8) is 0 Å². The van der Waals surface area contributed by atoms with Gasteiger partial charge in [0.1, 0.15) is 11.2 Å². The van der Waals surface area contributed by atoms with E-state index in [1.807, 2.05) is 48.5 Å². The topological polar surface area (TPSA) is 55.1 Å². The molecule has 266 valence electrons. The van der Waals surface area contributed by atoms with Gasteiger partial charge in [0.25, 0.3) is 0 Å². The predicted molar refractivity (Wildman–Crippen MR) is 229 cm³/mol. The summed E-state index contributed by atoms with van der Waals surface area (Å²) in [6.07, 6.45) is 0. The minimum atomic E-state index is -0.615. The van der Waals surface area contributed by atoms with E-state index in [4.69, 9.17) is 19.4 Å². The van der Waals surface area contributed by atoms with Gasteiger partial charge >= 0.3 is 0 Å². The molecule has 0 saturated heterocycles. The predicted octanol–water partition coefficient (Wildman–Crippen LogP) is 12.9. The van der Waals surface area contributed by atoms with Crippen LogP contribution in [-0.4, -0.2) is 15.0 Å². The van der Waals surface area contributed by atoms with E-state index < -0.39 is 5.41 Å². The Labute approximate surface area is 329 Å². The Morgan fingerprint density at radius 3 is 1.60 bits per heavy atom. The first-order valence-corrected chi connectivity index (χ1v) is 19.3. The number of hydrogen-bond donors (Lipinski definition) is 0. The van der Waals surface area contributed by atoms with Crippen LogP contribution < -0.4 is 4.90 Å². The first-order chi connectivity index (χ1) is 28.3. The van der Waals surface area contributed by atoms with Crippen molar-refractivity contribution in [2.24, 2.45) is 0 Å². The van der Waals surface area contributed by atoms with Gasteiger partial charge in [-0.15, -0.1) is 0 Å². The summed E-state index contributed by atoms with van der Waals surface area (Å²) >= 11 is 0. The fraction of sp³-hybridized carbons (Fsp3) is 0.0192. The van der Waals surface area contributed by atoms with Crippen molar-refractivity contribution in [2.75, 3.05) is 4.90 Å². The number of fused-ring (bicyclic) bond motifs is 12. The molecular formula is C52H32N4O. The monoisotopic (exact) mass is 728 g/mol. The zero-order valence-electron chi connectivity index (χ0n) is 30.7. The van der Waals surface area contributed by atoms with Crippen LogP contribution in [0, 0.1) is 0 Å². The second kappa shape index (κ2) is 12.2. The molecule has 1 spiro atoms. The lowest BCUT2D eigenvalue weighted by molar-refractivity contribution is 0.669. The third-order valence-electron chi connectivity index (χ3n) is 11.7. The fourth-order valence-corrected chi connectivity index (χ4v) is 9.30. The van der Waals surface area contributed by atoms with Gasteiger partial charge in [-0.1, -0.05) is 158 Å². The van der Waals surface area contributed by atoms with Crippen molar-refractivity contribution >= 4 is 39.3 Å². The first kappa shape index (κ1) is 31.7. The van der Waals surface area contributed by atoms with E-state index in [1.54, 1.807) is 0 Å². The van der Waals surface area contributed by atoms with E-state index in [-0.39, 0.29) is 0 Å². The van der Waals surface area contributed by atoms with Gasteiger partial charge in [0.2, 0.25) is 5.95 Å². The maximum absolute atomic E-state index is 6.22. The van der Waals surface area contributed by atoms with E-state index in [2.05, 4.69) is 150 Å². The van der Waals surface area contributed by atoms with Gasteiger partial charge in [-0.2, -0.15) is 9.97 Å². The number of para-hydroxylation sites is 3. The molecule has 5 nitrogen and oxygen atoms in total. The van der Waals surface area contributed by atoms with Crippen LogP contribution in [-0.2, 0) is 5.41 Å². The third-order valence-corrected chi connectivity index (χ3v) is 11.7. The van der Waals surface area contributed by atoms with Crippen LogP contribution in [0.25, 0.3) is 67.0 Å². The molecule has 10 aromatic rings. The summed E-state index contributed by atoms with van der Waals surface area (Å²) in [6, 6.07) is 68.6. The summed E-state index contributed by atoms with van der Waals surface area (Å²) in [5, 5.41) is 2.24. The summed E-state index contributed by atoms with van der Waals surface area (Å²) in [5.74, 6) is 1.81. The Kier molecular flexibility index (Phi) is 6.78. The SMILES string of the molecule is c1ccc(-c2nc(-c3ccccc3)nc(N3c4ccccc4C4(c5ccccc5-c5ccc(-c6ccc7oc8ccccc8c7c6)cc54)c4ccccc43)n2)cc1. The molecule has 12 rings (SSSR count). The van der Waals surface area contributed by atoms with E-state index in [0.717, 1.165) is 55.6 Å². The van der Waals surface area contributed by atoms with E-state index in [9.17, 15) is 0 Å². The molecule has 57 heavy (non-hydrogen) atoms. The van der Waals surface area contributed by atoms with Gasteiger partial charge in [0.05, 0.1) is 16.8 Å². The van der Waals surface area contributed by atoms with E-state index in [1.165, 1.54) is 33.4 Å². The molecule has 0 unspecified atom stereocenters. The van der Waals surface area contributed by atoms with Crippen molar-refractivity contribution in [3.05, 3.63) is 216 Å². The quantitative estimate of drug-likeness (QED) is 0.181. The van der Waals surface area contributed by atoms with Crippen LogP contribution in [0.4, 0.5) is 17.3 Å². The van der Waals surface area contributed by atoms with Gasteiger partial charge < -0.3 is 4.42 Å². The van der Waals surface area contributed by atoms with Crippen molar-refractivity contribution in [2.45, 2.75) is 5.41 Å². The maximum Gasteiger partial charge on any atom is 0.238 e. The standard InChI is InChI=1S/C52H32N4O/c1-3-15-33(16-4-1)49-53-50(34-17-5-2-6-18-34)55-51(54-49)56-45-24-12-10-22-42(45)52(43-23-11-13-25-46(43)56)41-21-9-7-19-37(41)38-29-27-36(32-44(38)52)35-28-30-48-40(31-35)39-20-8-14-26-47(39)57-48/h1-32H. The maximum atomic E-state index is 6.22. The summed E-state index contributed by atoms with van der Waals surface area (Å²) in [5.41, 5.74) is 14.7. The number of furan rings is 1. The summed E-state index contributed by atoms with van der Waals surface area (Å²) in [4.78, 5) is 17.8. The smallest absolute Gasteiger partial charge is 0.238 e. The van der Waals surface area contributed by atoms with Crippen molar-refractivity contribution in [1.29, 1.82) is 0 Å². The summed E-state index contributed by atoms with van der Waals surface area (Å²) in [7, 11) is 0. The average Bonchev–Trinajstić information content (AvgIpc) is 3.80. The van der Waals surface area contributed by atoms with Crippen molar-refractivity contribution in [3.8, 4) is 45.0 Å². The molecule has 1 aliphatic heterocycles. The van der Waals surface area contributed by atoms with Gasteiger partial charge in [-0.25, -0.2) is 4.98 Å². The zero-order valence-corrected chi connectivity index (χ0v) is 30.7. The molecule has 0 N–H and O–H groups in total. The van der Waals surface area contributed by atoms with Crippen LogP contribution in [0.5, 0.6) is 0 Å². The molecule has 2 aromatic heterocycles. The first-order valence-electron chi connectivity index (χ1n) is 19.3. The van der Waals surface area contributed by atoms with Crippen LogP contribution in [0.15, 0.2) is 199 Å². The molecule has 0 bridgehead atoms. The molecular weight excluding hydrogens is 697 g/mol. The van der Waals surface area contributed by atoms with Gasteiger partial charge in [0.15, 0.2) is 11.6 Å². The lowest BCUT2D eigenvalue weighted by atomic mass is 9.64. The highest BCUT2D eigenvalue weighted by molar-refractivity contribution is 6.06. The molecule has 8 aromatic carbocycles. The van der Waals surface area contributed by atoms with Crippen molar-refractivity contribution < 1.29 is 4.42 Å². The number of hydrogen-bond acceptors (Lipinski definition) is 5. The fourth-order valence-electron chi connectivity index (χ4n) is 9.30. The Bertz CT molecular complexity index is 3100. The molecule has 0 amide bonds. The number of nitrogens with zero attached hydrogens (tertiary/aromatic N) is 4. The number of aromatic nitrogens is 3. The molecule has 0 fully saturated rings. The average molecular weight is 729 g/mol. The van der Waals surface area contributed by atoms with Gasteiger partial charge in [-0.05, 0) is 80.9 Å². The Morgan fingerprint density at radius 1 is 0.368 bits per heavy atom. The lowest BCUT2D eigenvalue weighted by Crippen LogP contribution is -2.36. The number of benzene rings is 8. The molecule has 0 saturated carbocycles. The Hall–Kier alpha value is -7.63. The van der Waals surface area contributed by atoms with Crippen LogP contribution in [0.3, 0.4) is 0 Å². The van der Waals surface area contributed by atoms with Gasteiger partial charge in [0, 0.05) is 21.9 Å². The van der Waals surface area contributed by atoms with Crippen LogP contribution >= 0.6 is 0 Å². The van der Waals surface area contributed by atoms with Crippen molar-refractivity contribution in [1.82, 2.24) is 15.0 Å². The second-order valence-corrected chi connectivity index (χ2v) is 14.7. The normalized spacial score (nSPS) is 13.4. The molecule has 5 heteroatoms. The summed E-state index contributed by atoms with van der Waals surface area (Å²) in [6.45, 7) is 0. The highest BCUT2D eigenvalue weighted by atomic mass is 16.3. The lowest BCUT2D eigenvalue weighted by Gasteiger charge is -2.44. The minimum Gasteiger partial charge on any atom is -0.456 e. The van der Waals surface area contributed by atoms with E-state index >= 15 is 0 Å². The molecule has 3 heterocycles. The summed E-state index contributed by atoms with van der Waals surface area (Å²) < 4.78 is 6.22. The van der Waals surface area contributed by atoms with E-state index in [0.29, 0.717) is 17.6 Å². The zero-order chi connectivity index (χ0) is 37.5. The molecule has 0 atom stereocenters. The molecule has 2 aliphatic rings. The highest BCUT2D eigenvalue weighted by Crippen LogP contribution is 2.63. The minimum absolute atomic E-state index is 0.568. The number of anilines is 3. The third kappa shape index (κ3) is 4.60. The largest absolute Gasteiger partial charge is 0.456 e. The Morgan fingerprint density at radius 2 is 0.895 bits per heavy atom. The van der Waals surface area contributed by atoms with Crippen LogP contribution in [0.2, 0.25) is 0 Å². The molecule has 0 radical (unpaired) electrons. The second-order valence-electron chi connectivity index (χ2n) is 14.7. The van der Waals surface area contributed by atoms with Crippen LogP contribution in [0.1, 0.15) is 22.3 Å². The number of rotatable bonds is 4. The Balaban J connectivity index is 1.11. The highest BCUT2D eigenvalue weighted by Gasteiger charge is 2.52.